The van der Waals surface area contributed by atoms with Gasteiger partial charge in [-0.05, 0) is 31.0 Å². The minimum absolute atomic E-state index is 0.0458. The fourth-order valence-electron chi connectivity index (χ4n) is 2.37. The molecule has 1 saturated heterocycles. The van der Waals surface area contributed by atoms with Gasteiger partial charge >= 0.3 is 5.97 Å². The lowest BCUT2D eigenvalue weighted by Crippen LogP contribution is -2.42. The van der Waals surface area contributed by atoms with Crippen molar-refractivity contribution in [2.45, 2.75) is 83.4 Å². The number of carbonyl (C=O) groups is 1. The molecule has 0 aromatic carbocycles. The van der Waals surface area contributed by atoms with E-state index in [4.69, 9.17) is 9.16 Å². The van der Waals surface area contributed by atoms with E-state index >= 15 is 0 Å². The molecule has 0 spiro atoms. The maximum absolute atomic E-state index is 11.2. The Morgan fingerprint density at radius 2 is 1.88 bits per heavy atom. The van der Waals surface area contributed by atoms with Crippen molar-refractivity contribution in [1.29, 1.82) is 0 Å². The Balaban J connectivity index is 2.30. The third-order valence-electron chi connectivity index (χ3n) is 5.09. The van der Waals surface area contributed by atoms with E-state index in [1.54, 1.807) is 0 Å². The van der Waals surface area contributed by atoms with E-state index in [9.17, 15) is 15.0 Å². The number of aliphatic hydroxyl groups is 2. The smallest absolute Gasteiger partial charge is 0.306 e. The molecule has 1 heterocycles. The largest absolute Gasteiger partial charge is 0.459 e. The first-order valence-corrected chi connectivity index (χ1v) is 11.7. The lowest BCUT2D eigenvalue weighted by atomic mass is 9.97. The van der Waals surface area contributed by atoms with Crippen LogP contribution in [0.15, 0.2) is 12.2 Å². The van der Waals surface area contributed by atoms with Crippen LogP contribution in [-0.2, 0) is 14.0 Å². The van der Waals surface area contributed by atoms with Gasteiger partial charge in [-0.25, -0.2) is 0 Å². The van der Waals surface area contributed by atoms with Crippen molar-refractivity contribution in [3.63, 3.8) is 0 Å². The molecule has 24 heavy (non-hydrogen) atoms. The summed E-state index contributed by atoms with van der Waals surface area (Å²) in [5, 5.41) is 20.3. The van der Waals surface area contributed by atoms with Crippen molar-refractivity contribution in [3.8, 4) is 0 Å². The molecule has 1 aliphatic heterocycles. The number of hydrogen-bond donors (Lipinski definition) is 2. The van der Waals surface area contributed by atoms with Gasteiger partial charge in [-0.15, -0.1) is 0 Å². The molecule has 5 nitrogen and oxygen atoms in total. The van der Waals surface area contributed by atoms with E-state index in [1.807, 2.05) is 19.1 Å². The summed E-state index contributed by atoms with van der Waals surface area (Å²) in [4.78, 5) is 11.2. The monoisotopic (exact) mass is 358 g/mol. The van der Waals surface area contributed by atoms with E-state index in [0.717, 1.165) is 0 Å². The topological polar surface area (TPSA) is 76.0 Å². The molecule has 1 aliphatic rings. The highest BCUT2D eigenvalue weighted by Gasteiger charge is 2.37. The van der Waals surface area contributed by atoms with Gasteiger partial charge in [0.15, 0.2) is 8.32 Å². The molecule has 0 saturated carbocycles. The second kappa shape index (κ2) is 8.60. The molecule has 1 fully saturated rings. The second-order valence-corrected chi connectivity index (χ2v) is 13.2. The fourth-order valence-corrected chi connectivity index (χ4v) is 3.41. The minimum atomic E-state index is -1.84. The van der Waals surface area contributed by atoms with E-state index in [0.29, 0.717) is 25.9 Å². The molecule has 1 rings (SSSR count). The van der Waals surface area contributed by atoms with Crippen molar-refractivity contribution in [3.05, 3.63) is 12.2 Å². The minimum Gasteiger partial charge on any atom is -0.459 e. The van der Waals surface area contributed by atoms with Gasteiger partial charge in [0, 0.05) is 5.92 Å². The quantitative estimate of drug-likeness (QED) is 0.396. The molecule has 0 radical (unpaired) electrons. The molecule has 0 amide bonds. The summed E-state index contributed by atoms with van der Waals surface area (Å²) in [6.07, 6.45) is 3.30. The fraction of sp³-hybridized carbons (Fsp3) is 0.833. The van der Waals surface area contributed by atoms with Crippen LogP contribution in [0.2, 0.25) is 18.1 Å². The Morgan fingerprint density at radius 1 is 1.29 bits per heavy atom. The first kappa shape index (κ1) is 21.3. The molecule has 0 bridgehead atoms. The zero-order valence-electron chi connectivity index (χ0n) is 15.9. The van der Waals surface area contributed by atoms with E-state index in [-0.39, 0.29) is 16.9 Å². The normalized spacial score (nSPS) is 25.1. The highest BCUT2D eigenvalue weighted by atomic mass is 28.4. The summed E-state index contributed by atoms with van der Waals surface area (Å²) in [7, 11) is -1.84. The molecule has 6 heteroatoms. The standard InChI is InChI=1S/C18H34O5Si/c1-13-11-16(21)23-17(13)15(20)10-8-7-9-14(19)12-22-24(5,6)18(2,3)4/h7-8,13-15,17,19-20H,9-12H2,1-6H3/b8-7-/t13-,14+,15-,17-/m0/s1. The van der Waals surface area contributed by atoms with E-state index < -0.39 is 26.6 Å². The number of hydrogen-bond acceptors (Lipinski definition) is 5. The second-order valence-electron chi connectivity index (χ2n) is 8.37. The maximum atomic E-state index is 11.2. The number of ether oxygens (including phenoxy) is 1. The summed E-state index contributed by atoms with van der Waals surface area (Å²) in [5.41, 5.74) is 0. The Morgan fingerprint density at radius 3 is 2.38 bits per heavy atom. The van der Waals surface area contributed by atoms with Crippen molar-refractivity contribution in [2.75, 3.05) is 6.61 Å². The van der Waals surface area contributed by atoms with Crippen LogP contribution >= 0.6 is 0 Å². The summed E-state index contributed by atoms with van der Waals surface area (Å²) < 4.78 is 11.1. The third kappa shape index (κ3) is 6.31. The average Bonchev–Trinajstić information content (AvgIpc) is 2.79. The highest BCUT2D eigenvalue weighted by molar-refractivity contribution is 6.74. The Hall–Kier alpha value is -0.693. The predicted octanol–water partition coefficient (Wildman–Crippen LogP) is 3.02. The molecule has 0 aromatic rings. The lowest BCUT2D eigenvalue weighted by molar-refractivity contribution is -0.145. The molecular formula is C18H34O5Si. The van der Waals surface area contributed by atoms with Crippen LogP contribution in [0.1, 0.15) is 47.0 Å². The molecule has 0 unspecified atom stereocenters. The van der Waals surface area contributed by atoms with Gasteiger partial charge in [-0.1, -0.05) is 39.8 Å². The van der Waals surface area contributed by atoms with Gasteiger partial charge in [0.25, 0.3) is 0 Å². The SMILES string of the molecule is C[C@H]1CC(=O)O[C@@H]1[C@@H](O)C/C=C\C[C@@H](O)CO[Si](C)(C)C(C)(C)C. The molecule has 4 atom stereocenters. The number of aliphatic hydroxyl groups excluding tert-OH is 2. The van der Waals surface area contributed by atoms with Gasteiger partial charge in [0.2, 0.25) is 0 Å². The summed E-state index contributed by atoms with van der Waals surface area (Å²) in [6, 6.07) is 0. The first-order valence-electron chi connectivity index (χ1n) is 8.78. The zero-order valence-corrected chi connectivity index (χ0v) is 16.9. The van der Waals surface area contributed by atoms with E-state index in [2.05, 4.69) is 33.9 Å². The van der Waals surface area contributed by atoms with Gasteiger partial charge in [-0.2, -0.15) is 0 Å². The van der Waals surface area contributed by atoms with E-state index in [1.165, 1.54) is 0 Å². The number of rotatable bonds is 8. The van der Waals surface area contributed by atoms with Crippen LogP contribution < -0.4 is 0 Å². The van der Waals surface area contributed by atoms with Crippen LogP contribution in [0.25, 0.3) is 0 Å². The van der Waals surface area contributed by atoms with Crippen LogP contribution in [-0.4, -0.2) is 49.4 Å². The third-order valence-corrected chi connectivity index (χ3v) is 9.59. The van der Waals surface area contributed by atoms with Crippen LogP contribution in [0.3, 0.4) is 0 Å². The maximum Gasteiger partial charge on any atom is 0.306 e. The van der Waals surface area contributed by atoms with Crippen molar-refractivity contribution in [2.24, 2.45) is 5.92 Å². The number of carbonyl (C=O) groups excluding carboxylic acids is 1. The summed E-state index contributed by atoms with van der Waals surface area (Å²) >= 11 is 0. The van der Waals surface area contributed by atoms with Crippen molar-refractivity contribution in [1.82, 2.24) is 0 Å². The Labute approximate surface area is 147 Å². The van der Waals surface area contributed by atoms with Crippen molar-refractivity contribution < 1.29 is 24.2 Å². The number of esters is 1. The first-order chi connectivity index (χ1) is 10.9. The molecule has 2 N–H and O–H groups in total. The highest BCUT2D eigenvalue weighted by Crippen LogP contribution is 2.36. The van der Waals surface area contributed by atoms with Crippen LogP contribution in [0, 0.1) is 5.92 Å². The Bertz CT molecular complexity index is 441. The van der Waals surface area contributed by atoms with Crippen molar-refractivity contribution >= 4 is 14.3 Å². The average molecular weight is 359 g/mol. The zero-order chi connectivity index (χ0) is 18.5. The summed E-state index contributed by atoms with van der Waals surface area (Å²) in [5.74, 6) is -0.196. The van der Waals surface area contributed by atoms with Gasteiger partial charge in [-0.3, -0.25) is 4.79 Å². The Kier molecular flexibility index (Phi) is 7.65. The number of cyclic esters (lactones) is 1. The molecule has 0 aliphatic carbocycles. The van der Waals surface area contributed by atoms with Gasteiger partial charge in [0.1, 0.15) is 6.10 Å². The lowest BCUT2D eigenvalue weighted by Gasteiger charge is -2.36. The van der Waals surface area contributed by atoms with Gasteiger partial charge < -0.3 is 19.4 Å². The predicted molar refractivity (Wildman–Crippen MR) is 97.2 cm³/mol. The molecule has 140 valence electrons. The van der Waals surface area contributed by atoms with Crippen LogP contribution in [0.5, 0.6) is 0 Å². The molecular weight excluding hydrogens is 324 g/mol. The van der Waals surface area contributed by atoms with Gasteiger partial charge in [0.05, 0.1) is 25.2 Å². The van der Waals surface area contributed by atoms with Crippen LogP contribution in [0.4, 0.5) is 0 Å². The molecule has 0 aromatic heterocycles. The summed E-state index contributed by atoms with van der Waals surface area (Å²) in [6.45, 7) is 13.1.